The molecule has 0 fully saturated rings. The number of hydrogen-bond donors (Lipinski definition) is 3. The van der Waals surface area contributed by atoms with Gasteiger partial charge in [0.05, 0.1) is 5.56 Å². The molecule has 0 unspecified atom stereocenters. The molecular formula is C31H26N2O4. The summed E-state index contributed by atoms with van der Waals surface area (Å²) in [5.41, 5.74) is 3.56. The Morgan fingerprint density at radius 2 is 1.03 bits per heavy atom. The van der Waals surface area contributed by atoms with Gasteiger partial charge in [0.1, 0.15) is 22.5 Å². The van der Waals surface area contributed by atoms with E-state index < -0.39 is 5.97 Å². The number of para-hydroxylation sites is 2. The smallest absolute Gasteiger partial charge is 0.336 e. The first-order valence-corrected chi connectivity index (χ1v) is 11.7. The maximum Gasteiger partial charge on any atom is 0.336 e. The Balaban J connectivity index is 0.000000130. The Kier molecular flexibility index (Phi) is 7.59. The molecule has 0 aliphatic rings. The van der Waals surface area contributed by atoms with Crippen molar-refractivity contribution in [3.63, 3.8) is 0 Å². The van der Waals surface area contributed by atoms with Gasteiger partial charge in [0, 0.05) is 22.2 Å². The number of benzene rings is 4. The lowest BCUT2D eigenvalue weighted by Crippen LogP contribution is -1.96. The number of aromatic nitrogens is 2. The van der Waals surface area contributed by atoms with Crippen LogP contribution in [0.5, 0.6) is 11.5 Å². The highest BCUT2D eigenvalue weighted by atomic mass is 16.4. The second-order valence-corrected chi connectivity index (χ2v) is 8.43. The van der Waals surface area contributed by atoms with Crippen molar-refractivity contribution in [1.29, 1.82) is 0 Å². The number of aromatic hydroxyl groups is 2. The molecule has 0 aliphatic heterocycles. The van der Waals surface area contributed by atoms with Crippen LogP contribution in [0.2, 0.25) is 0 Å². The molecule has 0 radical (unpaired) electrons. The molecule has 0 saturated heterocycles. The number of rotatable bonds is 1. The first kappa shape index (κ1) is 25.1. The highest BCUT2D eigenvalue weighted by molar-refractivity contribution is 6.03. The molecule has 6 rings (SSSR count). The van der Waals surface area contributed by atoms with Crippen LogP contribution in [0, 0.1) is 13.8 Å². The van der Waals surface area contributed by atoms with E-state index in [1.165, 1.54) is 0 Å². The minimum atomic E-state index is -0.878. The van der Waals surface area contributed by atoms with Crippen LogP contribution < -0.4 is 0 Å². The van der Waals surface area contributed by atoms with Gasteiger partial charge in [0.15, 0.2) is 0 Å². The van der Waals surface area contributed by atoms with Gasteiger partial charge in [-0.25, -0.2) is 14.8 Å². The third-order valence-electron chi connectivity index (χ3n) is 5.70. The quantitative estimate of drug-likeness (QED) is 0.228. The Hall–Kier alpha value is -4.97. The monoisotopic (exact) mass is 490 g/mol. The van der Waals surface area contributed by atoms with Crippen LogP contribution in [0.4, 0.5) is 0 Å². The lowest BCUT2D eigenvalue weighted by Gasteiger charge is -2.00. The van der Waals surface area contributed by atoms with Gasteiger partial charge in [-0.2, -0.15) is 0 Å². The zero-order valence-electron chi connectivity index (χ0n) is 20.5. The number of pyridine rings is 2. The number of aromatic carboxylic acids is 1. The number of carbonyl (C=O) groups is 1. The summed E-state index contributed by atoms with van der Waals surface area (Å²) >= 11 is 0. The summed E-state index contributed by atoms with van der Waals surface area (Å²) in [5, 5.41) is 31.4. The van der Waals surface area contributed by atoms with E-state index in [-0.39, 0.29) is 11.5 Å². The second-order valence-electron chi connectivity index (χ2n) is 8.43. The summed E-state index contributed by atoms with van der Waals surface area (Å²) in [7, 11) is 0. The molecule has 6 aromatic rings. The normalized spacial score (nSPS) is 10.3. The molecule has 2 aromatic heterocycles. The fourth-order valence-electron chi connectivity index (χ4n) is 3.87. The van der Waals surface area contributed by atoms with Crippen LogP contribution in [0.25, 0.3) is 32.6 Å². The van der Waals surface area contributed by atoms with Crippen molar-refractivity contribution in [2.45, 2.75) is 13.8 Å². The maximum atomic E-state index is 10.8. The Labute approximate surface area is 214 Å². The number of fused-ring (bicyclic) bond motifs is 3. The first-order chi connectivity index (χ1) is 17.8. The van der Waals surface area contributed by atoms with Crippen molar-refractivity contribution in [3.05, 3.63) is 120 Å². The van der Waals surface area contributed by atoms with Gasteiger partial charge in [0.25, 0.3) is 0 Å². The van der Waals surface area contributed by atoms with Crippen molar-refractivity contribution in [1.82, 2.24) is 9.97 Å². The first-order valence-electron chi connectivity index (χ1n) is 11.7. The van der Waals surface area contributed by atoms with E-state index in [1.54, 1.807) is 24.3 Å². The number of hydrogen-bond acceptors (Lipinski definition) is 5. The number of phenols is 2. The molecule has 0 amide bonds. The molecule has 37 heavy (non-hydrogen) atoms. The van der Waals surface area contributed by atoms with Gasteiger partial charge < -0.3 is 15.3 Å². The standard InChI is InChI=1S/C11H8O2.2C10H9NO/c12-11(13)10-7-3-5-8-4-1-2-6-9(8)10;2*1-7-5-6-8-3-2-4-9(12)10(8)11-7/h1-7H,(H,12,13);2*2-6,12H,1H3. The summed E-state index contributed by atoms with van der Waals surface area (Å²) in [5.74, 6) is -0.385. The predicted molar refractivity (Wildman–Crippen MR) is 147 cm³/mol. The highest BCUT2D eigenvalue weighted by Crippen LogP contribution is 2.23. The van der Waals surface area contributed by atoms with E-state index >= 15 is 0 Å². The van der Waals surface area contributed by atoms with Crippen molar-refractivity contribution >= 4 is 38.5 Å². The topological polar surface area (TPSA) is 104 Å². The summed E-state index contributed by atoms with van der Waals surface area (Å²) in [6.07, 6.45) is 0. The van der Waals surface area contributed by atoms with Crippen LogP contribution in [-0.4, -0.2) is 31.3 Å². The molecule has 0 saturated carbocycles. The molecule has 0 bridgehead atoms. The minimum absolute atomic E-state index is 0.246. The molecule has 6 nitrogen and oxygen atoms in total. The zero-order valence-corrected chi connectivity index (χ0v) is 20.5. The molecule has 184 valence electrons. The third-order valence-corrected chi connectivity index (χ3v) is 5.70. The average molecular weight is 491 g/mol. The van der Waals surface area contributed by atoms with E-state index in [4.69, 9.17) is 5.11 Å². The molecule has 2 heterocycles. The molecule has 3 N–H and O–H groups in total. The van der Waals surface area contributed by atoms with Crippen LogP contribution >= 0.6 is 0 Å². The van der Waals surface area contributed by atoms with Gasteiger partial charge in [0.2, 0.25) is 0 Å². The van der Waals surface area contributed by atoms with Crippen molar-refractivity contribution < 1.29 is 20.1 Å². The Morgan fingerprint density at radius 1 is 0.568 bits per heavy atom. The van der Waals surface area contributed by atoms with E-state index in [9.17, 15) is 15.0 Å². The summed E-state index contributed by atoms with van der Waals surface area (Å²) in [6, 6.07) is 31.3. The van der Waals surface area contributed by atoms with E-state index in [0.717, 1.165) is 32.9 Å². The molecule has 0 spiro atoms. The van der Waals surface area contributed by atoms with Gasteiger partial charge in [-0.15, -0.1) is 0 Å². The molecule has 0 atom stereocenters. The lowest BCUT2D eigenvalue weighted by molar-refractivity contribution is 0.0699. The summed E-state index contributed by atoms with van der Waals surface area (Å²) in [6.45, 7) is 3.82. The Morgan fingerprint density at radius 3 is 1.57 bits per heavy atom. The molecule has 0 aliphatic carbocycles. The highest BCUT2D eigenvalue weighted by Gasteiger charge is 2.06. The van der Waals surface area contributed by atoms with E-state index in [2.05, 4.69) is 9.97 Å². The van der Waals surface area contributed by atoms with Gasteiger partial charge in [-0.1, -0.05) is 72.8 Å². The molecule has 4 aromatic carbocycles. The number of phenolic OH excluding ortho intramolecular Hbond substituents is 2. The van der Waals surface area contributed by atoms with Crippen LogP contribution in [0.3, 0.4) is 0 Å². The van der Waals surface area contributed by atoms with Crippen molar-refractivity contribution in [3.8, 4) is 11.5 Å². The van der Waals surface area contributed by atoms with Crippen molar-refractivity contribution in [2.24, 2.45) is 0 Å². The fraction of sp³-hybridized carbons (Fsp3) is 0.0645. The lowest BCUT2D eigenvalue weighted by atomic mass is 10.1. The number of carboxylic acids is 1. The largest absolute Gasteiger partial charge is 0.506 e. The summed E-state index contributed by atoms with van der Waals surface area (Å²) in [4.78, 5) is 19.3. The van der Waals surface area contributed by atoms with Crippen molar-refractivity contribution in [2.75, 3.05) is 0 Å². The van der Waals surface area contributed by atoms with Crippen LogP contribution in [0.1, 0.15) is 21.7 Å². The van der Waals surface area contributed by atoms with Gasteiger partial charge in [-0.3, -0.25) is 0 Å². The minimum Gasteiger partial charge on any atom is -0.506 e. The zero-order chi connectivity index (χ0) is 26.4. The van der Waals surface area contributed by atoms with Crippen LogP contribution in [0.15, 0.2) is 103 Å². The molecular weight excluding hydrogens is 464 g/mol. The van der Waals surface area contributed by atoms with Gasteiger partial charge in [-0.05, 0) is 55.0 Å². The van der Waals surface area contributed by atoms with E-state index in [1.807, 2.05) is 92.7 Å². The maximum absolute atomic E-state index is 10.8. The van der Waals surface area contributed by atoms with Crippen LogP contribution in [-0.2, 0) is 0 Å². The van der Waals surface area contributed by atoms with E-state index in [0.29, 0.717) is 16.6 Å². The number of carboxylic acid groups (broad SMARTS) is 1. The van der Waals surface area contributed by atoms with Gasteiger partial charge >= 0.3 is 5.97 Å². The number of aryl methyl sites for hydroxylation is 2. The predicted octanol–water partition coefficient (Wildman–Crippen LogP) is 7.04. The third kappa shape index (κ3) is 6.00. The number of nitrogens with zero attached hydrogens (tertiary/aromatic N) is 2. The SMILES string of the molecule is Cc1ccc2cccc(O)c2n1.Cc1ccc2cccc(O)c2n1.O=C(O)c1cccc2ccccc12. The second kappa shape index (κ2) is 11.2. The Bertz CT molecular complexity index is 1620. The summed E-state index contributed by atoms with van der Waals surface area (Å²) < 4.78 is 0. The fourth-order valence-corrected chi connectivity index (χ4v) is 3.87. The average Bonchev–Trinajstić information content (AvgIpc) is 2.90. The molecule has 6 heteroatoms.